The lowest BCUT2D eigenvalue weighted by atomic mass is 10.1. The number of pyridine rings is 1. The molecule has 3 heteroatoms. The molecule has 0 radical (unpaired) electrons. The number of rotatable bonds is 2. The van der Waals surface area contributed by atoms with Crippen molar-refractivity contribution in [1.82, 2.24) is 4.98 Å². The molecular weight excluding hydrogens is 288 g/mol. The quantitative estimate of drug-likeness (QED) is 0.898. The van der Waals surface area contributed by atoms with Crippen LogP contribution in [-0.4, -0.2) is 11.5 Å². The summed E-state index contributed by atoms with van der Waals surface area (Å²) in [7, 11) is 0. The van der Waals surface area contributed by atoms with E-state index in [1.54, 1.807) is 0 Å². The minimum Gasteiger partial charge on any atom is -0.384 e. The molecule has 0 bridgehead atoms. The summed E-state index contributed by atoms with van der Waals surface area (Å²) in [6.07, 6.45) is 3.50. The van der Waals surface area contributed by atoms with Crippen molar-refractivity contribution in [2.45, 2.75) is 33.1 Å². The first-order valence-electron chi connectivity index (χ1n) is 6.56. The van der Waals surface area contributed by atoms with Gasteiger partial charge in [-0.3, -0.25) is 4.98 Å². The van der Waals surface area contributed by atoms with Gasteiger partial charge in [0.1, 0.15) is 0 Å². The number of hydrogen-bond acceptors (Lipinski definition) is 2. The second kappa shape index (κ2) is 4.54. The van der Waals surface area contributed by atoms with E-state index >= 15 is 0 Å². The molecule has 1 aliphatic rings. The van der Waals surface area contributed by atoms with Gasteiger partial charge < -0.3 is 5.32 Å². The van der Waals surface area contributed by atoms with Gasteiger partial charge >= 0.3 is 0 Å². The van der Waals surface area contributed by atoms with Crippen LogP contribution in [0.3, 0.4) is 0 Å². The van der Waals surface area contributed by atoms with Crippen molar-refractivity contribution in [3.05, 3.63) is 33.4 Å². The third kappa shape index (κ3) is 1.72. The van der Waals surface area contributed by atoms with Gasteiger partial charge in [0.2, 0.25) is 0 Å². The summed E-state index contributed by atoms with van der Waals surface area (Å²) in [4.78, 5) is 4.87. The van der Waals surface area contributed by atoms with E-state index in [4.69, 9.17) is 4.98 Å². The van der Waals surface area contributed by atoms with Crippen molar-refractivity contribution in [2.24, 2.45) is 0 Å². The number of aryl methyl sites for hydroxylation is 2. The lowest BCUT2D eigenvalue weighted by Gasteiger charge is -2.15. The van der Waals surface area contributed by atoms with E-state index in [0.717, 1.165) is 29.4 Å². The Morgan fingerprint density at radius 2 is 2.17 bits per heavy atom. The molecule has 0 fully saturated rings. The molecule has 3 rings (SSSR count). The van der Waals surface area contributed by atoms with E-state index in [2.05, 4.69) is 47.2 Å². The number of aromatic nitrogens is 1. The molecule has 18 heavy (non-hydrogen) atoms. The van der Waals surface area contributed by atoms with Crippen LogP contribution in [0.15, 0.2) is 16.6 Å². The first kappa shape index (κ1) is 12.0. The zero-order valence-electron chi connectivity index (χ0n) is 10.8. The Morgan fingerprint density at radius 3 is 2.94 bits per heavy atom. The largest absolute Gasteiger partial charge is 0.384 e. The second-order valence-corrected chi connectivity index (χ2v) is 5.68. The van der Waals surface area contributed by atoms with Crippen molar-refractivity contribution in [3.8, 4) is 0 Å². The topological polar surface area (TPSA) is 24.9 Å². The first-order chi connectivity index (χ1) is 8.72. The molecule has 2 nitrogen and oxygen atoms in total. The molecule has 0 spiro atoms. The molecule has 1 aromatic carbocycles. The number of hydrogen-bond donors (Lipinski definition) is 1. The van der Waals surface area contributed by atoms with E-state index in [9.17, 15) is 0 Å². The van der Waals surface area contributed by atoms with Crippen LogP contribution in [0.1, 0.15) is 30.2 Å². The van der Waals surface area contributed by atoms with Crippen molar-refractivity contribution < 1.29 is 0 Å². The van der Waals surface area contributed by atoms with Crippen LogP contribution in [-0.2, 0) is 12.8 Å². The number of anilines is 1. The number of nitrogens with zero attached hydrogens (tertiary/aromatic N) is 1. The van der Waals surface area contributed by atoms with Gasteiger partial charge in [0.15, 0.2) is 0 Å². The Balaban J connectivity index is 2.37. The van der Waals surface area contributed by atoms with Crippen molar-refractivity contribution in [1.29, 1.82) is 0 Å². The lowest BCUT2D eigenvalue weighted by Crippen LogP contribution is -2.04. The molecule has 0 amide bonds. The summed E-state index contributed by atoms with van der Waals surface area (Å²) in [6, 6.07) is 4.36. The minimum atomic E-state index is 0.955. The summed E-state index contributed by atoms with van der Waals surface area (Å²) in [5.41, 5.74) is 6.36. The Hall–Kier alpha value is -1.09. The van der Waals surface area contributed by atoms with Crippen LogP contribution in [0.4, 0.5) is 5.69 Å². The van der Waals surface area contributed by atoms with Gasteiger partial charge in [0, 0.05) is 27.8 Å². The Kier molecular flexibility index (Phi) is 3.02. The average molecular weight is 305 g/mol. The van der Waals surface area contributed by atoms with Crippen LogP contribution in [0.2, 0.25) is 0 Å². The van der Waals surface area contributed by atoms with Crippen LogP contribution in [0, 0.1) is 6.92 Å². The maximum atomic E-state index is 4.87. The summed E-state index contributed by atoms with van der Waals surface area (Å²) in [5, 5.41) is 4.78. The van der Waals surface area contributed by atoms with Crippen molar-refractivity contribution in [3.63, 3.8) is 0 Å². The predicted octanol–water partition coefficient (Wildman–Crippen LogP) is 4.23. The molecule has 1 aromatic heterocycles. The fourth-order valence-corrected chi connectivity index (χ4v) is 3.21. The van der Waals surface area contributed by atoms with E-state index in [1.165, 1.54) is 34.3 Å². The monoisotopic (exact) mass is 304 g/mol. The van der Waals surface area contributed by atoms with Gasteiger partial charge in [0.05, 0.1) is 5.52 Å². The fraction of sp³-hybridized carbons (Fsp3) is 0.400. The molecule has 1 N–H and O–H groups in total. The number of nitrogens with one attached hydrogen (secondary N) is 1. The molecule has 0 aliphatic heterocycles. The molecule has 1 aliphatic carbocycles. The van der Waals surface area contributed by atoms with E-state index in [0.29, 0.717) is 0 Å². The van der Waals surface area contributed by atoms with Gasteiger partial charge in [-0.1, -0.05) is 12.1 Å². The zero-order chi connectivity index (χ0) is 12.7. The molecule has 0 atom stereocenters. The lowest BCUT2D eigenvalue weighted by molar-refractivity contribution is 0.901. The highest BCUT2D eigenvalue weighted by molar-refractivity contribution is 9.10. The van der Waals surface area contributed by atoms with E-state index < -0.39 is 0 Å². The van der Waals surface area contributed by atoms with Gasteiger partial charge in [0.25, 0.3) is 0 Å². The van der Waals surface area contributed by atoms with Crippen LogP contribution >= 0.6 is 15.9 Å². The second-order valence-electron chi connectivity index (χ2n) is 4.89. The molecular formula is C15H17BrN2. The normalized spacial score (nSPS) is 13.9. The minimum absolute atomic E-state index is 0.955. The third-order valence-electron chi connectivity index (χ3n) is 3.67. The number of benzene rings is 1. The van der Waals surface area contributed by atoms with Crippen LogP contribution in [0.5, 0.6) is 0 Å². The van der Waals surface area contributed by atoms with Crippen molar-refractivity contribution >= 4 is 32.5 Å². The van der Waals surface area contributed by atoms with Gasteiger partial charge in [-0.05, 0) is 60.2 Å². The number of fused-ring (bicyclic) bond motifs is 2. The highest BCUT2D eigenvalue weighted by Crippen LogP contribution is 2.37. The molecule has 2 aromatic rings. The SMILES string of the molecule is CCNc1c2c(nc3c(Br)c(C)ccc13)CCC2. The molecule has 0 unspecified atom stereocenters. The first-order valence-corrected chi connectivity index (χ1v) is 7.36. The summed E-state index contributed by atoms with van der Waals surface area (Å²) in [5.74, 6) is 0. The maximum Gasteiger partial charge on any atom is 0.0870 e. The van der Waals surface area contributed by atoms with Gasteiger partial charge in [-0.2, -0.15) is 0 Å². The Morgan fingerprint density at radius 1 is 1.33 bits per heavy atom. The zero-order valence-corrected chi connectivity index (χ0v) is 12.4. The van der Waals surface area contributed by atoms with Crippen molar-refractivity contribution in [2.75, 3.05) is 11.9 Å². The molecule has 0 saturated carbocycles. The third-order valence-corrected chi connectivity index (χ3v) is 4.67. The smallest absolute Gasteiger partial charge is 0.0870 e. The average Bonchev–Trinajstić information content (AvgIpc) is 2.82. The van der Waals surface area contributed by atoms with Crippen LogP contribution < -0.4 is 5.32 Å². The predicted molar refractivity (Wildman–Crippen MR) is 80.4 cm³/mol. The Bertz CT molecular complexity index is 620. The highest BCUT2D eigenvalue weighted by Gasteiger charge is 2.20. The highest BCUT2D eigenvalue weighted by atomic mass is 79.9. The summed E-state index contributed by atoms with van der Waals surface area (Å²) >= 11 is 3.68. The molecule has 1 heterocycles. The van der Waals surface area contributed by atoms with Gasteiger partial charge in [-0.15, -0.1) is 0 Å². The fourth-order valence-electron chi connectivity index (χ4n) is 2.77. The number of halogens is 1. The molecule has 94 valence electrons. The maximum absolute atomic E-state index is 4.87. The van der Waals surface area contributed by atoms with E-state index in [-0.39, 0.29) is 0 Å². The summed E-state index contributed by atoms with van der Waals surface area (Å²) in [6.45, 7) is 5.22. The van der Waals surface area contributed by atoms with Gasteiger partial charge in [-0.25, -0.2) is 0 Å². The summed E-state index contributed by atoms with van der Waals surface area (Å²) < 4.78 is 1.13. The standard InChI is InChI=1S/C15H17BrN2/c1-3-17-14-10-5-4-6-12(10)18-15-11(14)8-7-9(2)13(15)16/h7-8H,3-6H2,1-2H3,(H,17,18). The van der Waals surface area contributed by atoms with Crippen LogP contribution in [0.25, 0.3) is 10.9 Å². The molecule has 0 saturated heterocycles. The van der Waals surface area contributed by atoms with E-state index in [1.807, 2.05) is 0 Å². The Labute approximate surface area is 116 Å².